The Kier molecular flexibility index (Phi) is 25.9. The third kappa shape index (κ3) is 18.7. The summed E-state index contributed by atoms with van der Waals surface area (Å²) in [7, 11) is 0. The van der Waals surface area contributed by atoms with Gasteiger partial charge in [0.15, 0.2) is 0 Å². The van der Waals surface area contributed by atoms with Crippen molar-refractivity contribution in [2.45, 2.75) is 27.7 Å². The second-order valence-electron chi connectivity index (χ2n) is 21.5. The Morgan fingerprint density at radius 2 is 0.720 bits per heavy atom. The normalized spacial score (nSPS) is 12.6. The molecule has 16 rings (SSSR count). The van der Waals surface area contributed by atoms with Gasteiger partial charge in [-0.05, 0) is 196 Å². The summed E-state index contributed by atoms with van der Waals surface area (Å²) in [5.41, 5.74) is 5.98. The van der Waals surface area contributed by atoms with Gasteiger partial charge in [0.25, 0.3) is 0 Å². The first-order chi connectivity index (χ1) is 47.9. The van der Waals surface area contributed by atoms with E-state index in [2.05, 4.69) is 103 Å². The minimum Gasteiger partial charge on any atom is -0.457 e. The molecule has 8 heterocycles. The lowest BCUT2D eigenvalue weighted by atomic mass is 10.1. The van der Waals surface area contributed by atoms with Gasteiger partial charge in [0.1, 0.15) is 80.0 Å². The predicted molar refractivity (Wildman–Crippen MR) is 421 cm³/mol. The molecule has 0 bridgehead atoms. The topological polar surface area (TPSA) is 158 Å². The van der Waals surface area contributed by atoms with Gasteiger partial charge in [-0.3, -0.25) is 0 Å². The van der Waals surface area contributed by atoms with E-state index in [4.69, 9.17) is 59.8 Å². The number of halogens is 8. The van der Waals surface area contributed by atoms with Gasteiger partial charge in [0, 0.05) is 66.2 Å². The Labute approximate surface area is 626 Å². The predicted octanol–water partition coefficient (Wildman–Crippen LogP) is 23.3. The van der Waals surface area contributed by atoms with Crippen LogP contribution < -0.4 is 41.4 Å². The standard InChI is InChI=1S/C10H7BrO2.C10H7BrO.C10H7ClO2.C10H7ClO.C10H7FO2.C10H7FO.C10H7IO2.C10H7IO/c1-6-9(11)7-4-2-3-5-8(7)13-10(6)12;1-7-6-9(11)8-4-2-3-5-10(8)12-7;1-6-9(11)7-4-2-3-5-8(7)13-10(6)12;1-7-6-9(11)8-4-2-3-5-10(8)12-7;1-6-9(11)7-4-2-3-5-8(7)13-10(6)12;1-7-6-9(11)8-4-2-3-5-10(8)12-7;1-6-9(11)7-4-2-3-5-8(7)13-10(6)12;1-7-6-9(11)8-4-2-3-5-10(8)12-7/h2-5H,1H3;2-6H,1H2;2-5H,1H3;2-6H,1H2;2-5H,1H3;2-6H,1H2;2-5H,1H3;2-6H,1H2. The molecular formula is C80H56Br2Cl2F2I2O12. The molecule has 4 aliphatic heterocycles. The van der Waals surface area contributed by atoms with E-state index in [0.717, 1.165) is 62.6 Å². The lowest BCUT2D eigenvalue weighted by Crippen LogP contribution is -2.05. The molecule has 4 aliphatic rings. The number of para-hydroxylation sites is 8. The zero-order valence-electron chi connectivity index (χ0n) is 53.5. The first kappa shape index (κ1) is 74.8. The van der Waals surface area contributed by atoms with Crippen molar-refractivity contribution in [3.05, 3.63) is 373 Å². The second-order valence-corrected chi connectivity index (χ2v) is 26.2. The summed E-state index contributed by atoms with van der Waals surface area (Å²) in [6.45, 7) is 21.3. The summed E-state index contributed by atoms with van der Waals surface area (Å²) >= 11 is 23.2. The molecule has 0 saturated carbocycles. The van der Waals surface area contributed by atoms with E-state index in [0.29, 0.717) is 83.2 Å². The summed E-state index contributed by atoms with van der Waals surface area (Å²) in [6.07, 6.45) is 6.79. The number of benzene rings is 8. The van der Waals surface area contributed by atoms with Crippen LogP contribution in [-0.2, 0) is 0 Å². The van der Waals surface area contributed by atoms with Crippen molar-refractivity contribution >= 4 is 163 Å². The summed E-state index contributed by atoms with van der Waals surface area (Å²) in [5.74, 6) is 4.57. The molecule has 4 aromatic heterocycles. The van der Waals surface area contributed by atoms with Gasteiger partial charge in [-0.1, -0.05) is 171 Å². The molecule has 504 valence electrons. The van der Waals surface area contributed by atoms with Gasteiger partial charge in [-0.15, -0.1) is 0 Å². The van der Waals surface area contributed by atoms with Gasteiger partial charge in [-0.25, -0.2) is 28.0 Å². The quantitative estimate of drug-likeness (QED) is 0.105. The molecule has 0 unspecified atom stereocenters. The monoisotopic (exact) mass is 1730 g/mol. The van der Waals surface area contributed by atoms with E-state index in [1.165, 1.54) is 16.6 Å². The molecule has 0 atom stereocenters. The number of fused-ring (bicyclic) bond motifs is 8. The smallest absolute Gasteiger partial charge is 0.342 e. The molecule has 0 aliphatic carbocycles. The van der Waals surface area contributed by atoms with E-state index < -0.39 is 11.4 Å². The highest BCUT2D eigenvalue weighted by Crippen LogP contribution is 2.39. The minimum absolute atomic E-state index is 0.0266. The summed E-state index contributed by atoms with van der Waals surface area (Å²) in [6, 6.07) is 59.1. The molecule has 20 heteroatoms. The van der Waals surface area contributed by atoms with Crippen molar-refractivity contribution in [3.8, 4) is 23.0 Å². The molecule has 100 heavy (non-hydrogen) atoms. The van der Waals surface area contributed by atoms with E-state index in [-0.39, 0.29) is 33.9 Å². The van der Waals surface area contributed by atoms with E-state index in [1.54, 1.807) is 99.6 Å². The Hall–Kier alpha value is -9.42. The van der Waals surface area contributed by atoms with Crippen molar-refractivity contribution in [2.75, 3.05) is 0 Å². The third-order valence-corrected chi connectivity index (χ3v) is 19.3. The molecule has 0 fully saturated rings. The largest absolute Gasteiger partial charge is 0.457 e. The van der Waals surface area contributed by atoms with Crippen LogP contribution in [0.5, 0.6) is 23.0 Å². The Morgan fingerprint density at radius 3 is 1.28 bits per heavy atom. The maximum atomic E-state index is 13.4. The molecule has 0 amide bonds. The van der Waals surface area contributed by atoms with Crippen LogP contribution in [0.1, 0.15) is 44.5 Å². The zero-order chi connectivity index (χ0) is 71.9. The first-order valence-electron chi connectivity index (χ1n) is 29.9. The average molecular weight is 1730 g/mol. The lowest BCUT2D eigenvalue weighted by Gasteiger charge is -2.15. The maximum Gasteiger partial charge on any atom is 0.342 e. The number of ether oxygens (including phenoxy) is 4. The summed E-state index contributed by atoms with van der Waals surface area (Å²) in [4.78, 5) is 44.8. The van der Waals surface area contributed by atoms with Crippen LogP contribution in [0, 0.1) is 37.1 Å². The van der Waals surface area contributed by atoms with Crippen molar-refractivity contribution in [1.82, 2.24) is 0 Å². The van der Waals surface area contributed by atoms with Crippen LogP contribution in [0.3, 0.4) is 0 Å². The third-order valence-electron chi connectivity index (χ3n) is 14.5. The highest BCUT2D eigenvalue weighted by molar-refractivity contribution is 14.1. The molecule has 0 N–H and O–H groups in total. The lowest BCUT2D eigenvalue weighted by molar-refractivity contribution is 0.436. The molecule has 0 spiro atoms. The van der Waals surface area contributed by atoms with Crippen LogP contribution in [0.4, 0.5) is 8.78 Å². The fraction of sp³-hybridized carbons (Fsp3) is 0.0500. The summed E-state index contributed by atoms with van der Waals surface area (Å²) in [5, 5.41) is 4.22. The van der Waals surface area contributed by atoms with Crippen LogP contribution in [-0.4, -0.2) is 0 Å². The molecule has 0 saturated heterocycles. The Morgan fingerprint density at radius 1 is 0.370 bits per heavy atom. The van der Waals surface area contributed by atoms with Gasteiger partial charge >= 0.3 is 22.5 Å². The van der Waals surface area contributed by atoms with Crippen LogP contribution in [0.15, 0.2) is 309 Å². The van der Waals surface area contributed by atoms with Crippen LogP contribution in [0.25, 0.3) is 62.8 Å². The van der Waals surface area contributed by atoms with Gasteiger partial charge in [0.2, 0.25) is 0 Å². The fourth-order valence-corrected chi connectivity index (χ4v) is 12.4. The molecule has 0 radical (unpaired) electrons. The van der Waals surface area contributed by atoms with Crippen molar-refractivity contribution in [3.63, 3.8) is 0 Å². The highest BCUT2D eigenvalue weighted by Gasteiger charge is 2.18. The Bertz CT molecular complexity index is 4890. The Balaban J connectivity index is 0.000000133. The van der Waals surface area contributed by atoms with E-state index >= 15 is 0 Å². The number of rotatable bonds is 0. The highest BCUT2D eigenvalue weighted by atomic mass is 127. The zero-order valence-corrected chi connectivity index (χ0v) is 62.5. The fourth-order valence-electron chi connectivity index (χ4n) is 9.39. The molecule has 8 aromatic carbocycles. The van der Waals surface area contributed by atoms with Gasteiger partial charge < -0.3 is 36.6 Å². The minimum atomic E-state index is -0.615. The number of allylic oxidation sites excluding steroid dienone is 4. The second kappa shape index (κ2) is 34.6. The SMILES string of the molecule is C=C1C=C(Br)c2ccccc2O1.C=C1C=C(Cl)c2ccccc2O1.C=C1C=C(F)c2ccccc2O1.C=C1C=C(I)c2ccccc2O1.Cc1c(Br)c2ccccc2oc1=O.Cc1c(Cl)c2ccccc2oc1=O.Cc1c(F)c2ccccc2oc1=O.Cc1c(I)c2ccccc2oc1=O. The summed E-state index contributed by atoms with van der Waals surface area (Å²) < 4.78 is 72.0. The van der Waals surface area contributed by atoms with Crippen molar-refractivity contribution in [1.29, 1.82) is 0 Å². The molecule has 12 aromatic rings. The first-order valence-corrected chi connectivity index (χ1v) is 34.4. The van der Waals surface area contributed by atoms with E-state index in [9.17, 15) is 28.0 Å². The number of hydrogen-bond acceptors (Lipinski definition) is 12. The molecular weight excluding hydrogens is 1680 g/mol. The van der Waals surface area contributed by atoms with Crippen LogP contribution in [0.2, 0.25) is 5.02 Å². The van der Waals surface area contributed by atoms with Crippen LogP contribution >= 0.6 is 100 Å². The van der Waals surface area contributed by atoms with Crippen molar-refractivity contribution in [2.24, 2.45) is 0 Å². The van der Waals surface area contributed by atoms with Gasteiger partial charge in [-0.2, -0.15) is 0 Å². The maximum absolute atomic E-state index is 13.4. The van der Waals surface area contributed by atoms with Crippen molar-refractivity contribution < 1.29 is 45.4 Å². The molecule has 12 nitrogen and oxygen atoms in total. The number of hydrogen-bond donors (Lipinski definition) is 0. The van der Waals surface area contributed by atoms with E-state index in [1.807, 2.05) is 133 Å². The van der Waals surface area contributed by atoms with Gasteiger partial charge in [0.05, 0.1) is 32.1 Å². The average Bonchev–Trinajstić information content (AvgIpc) is 0.819.